The van der Waals surface area contributed by atoms with Crippen LogP contribution in [-0.4, -0.2) is 43.3 Å². The highest BCUT2D eigenvalue weighted by Crippen LogP contribution is 2.39. The third-order valence-electron chi connectivity index (χ3n) is 7.08. The Hall–Kier alpha value is -1.89. The SMILES string of the molecule is CC(C)(C)[Si](C)(C)OC(CCC1=CCC(O)[C@@H]1C/C=C\CCCC(=O)O)COc1ccccc1. The van der Waals surface area contributed by atoms with Gasteiger partial charge in [-0.25, -0.2) is 0 Å². The lowest BCUT2D eigenvalue weighted by Crippen LogP contribution is -2.45. The first-order valence-corrected chi connectivity index (χ1v) is 15.5. The maximum Gasteiger partial charge on any atom is 0.303 e. The number of unbranched alkanes of at least 4 members (excludes halogenated alkanes) is 1. The van der Waals surface area contributed by atoms with Crippen molar-refractivity contribution in [2.24, 2.45) is 5.92 Å². The van der Waals surface area contributed by atoms with Gasteiger partial charge in [-0.2, -0.15) is 0 Å². The lowest BCUT2D eigenvalue weighted by Gasteiger charge is -2.39. The molecule has 0 saturated carbocycles. The maximum atomic E-state index is 10.6. The molecule has 1 aromatic carbocycles. The van der Waals surface area contributed by atoms with Crippen molar-refractivity contribution in [1.29, 1.82) is 0 Å². The Bertz CT molecular complexity index is 810. The molecule has 190 valence electrons. The van der Waals surface area contributed by atoms with E-state index >= 15 is 0 Å². The van der Waals surface area contributed by atoms with Crippen molar-refractivity contribution < 1.29 is 24.2 Å². The van der Waals surface area contributed by atoms with E-state index in [1.54, 1.807) is 0 Å². The number of carboxylic acids is 1. The summed E-state index contributed by atoms with van der Waals surface area (Å²) in [5, 5.41) is 19.4. The van der Waals surface area contributed by atoms with Crippen molar-refractivity contribution in [2.45, 2.75) is 96.1 Å². The monoisotopic (exact) mass is 488 g/mol. The number of benzene rings is 1. The number of ether oxygens (including phenoxy) is 1. The van der Waals surface area contributed by atoms with E-state index in [0.717, 1.165) is 31.4 Å². The van der Waals surface area contributed by atoms with E-state index in [-0.39, 0.29) is 29.6 Å². The molecule has 34 heavy (non-hydrogen) atoms. The molecule has 1 aliphatic carbocycles. The predicted octanol–water partition coefficient (Wildman–Crippen LogP) is 6.74. The van der Waals surface area contributed by atoms with Crippen LogP contribution in [0.2, 0.25) is 18.1 Å². The number of carbonyl (C=O) groups is 1. The first-order chi connectivity index (χ1) is 16.0. The highest BCUT2D eigenvalue weighted by molar-refractivity contribution is 6.74. The molecule has 0 aliphatic heterocycles. The fourth-order valence-electron chi connectivity index (χ4n) is 3.97. The average Bonchev–Trinajstić information content (AvgIpc) is 3.11. The van der Waals surface area contributed by atoms with Gasteiger partial charge in [-0.3, -0.25) is 4.79 Å². The van der Waals surface area contributed by atoms with Gasteiger partial charge in [0, 0.05) is 12.3 Å². The van der Waals surface area contributed by atoms with Gasteiger partial charge in [0.1, 0.15) is 12.4 Å². The Labute approximate surface area is 207 Å². The molecule has 3 atom stereocenters. The summed E-state index contributed by atoms with van der Waals surface area (Å²) in [4.78, 5) is 10.6. The number of allylic oxidation sites excluding steroid dienone is 2. The van der Waals surface area contributed by atoms with Gasteiger partial charge >= 0.3 is 5.97 Å². The normalized spacial score (nSPS) is 19.9. The Balaban J connectivity index is 1.96. The van der Waals surface area contributed by atoms with Crippen LogP contribution < -0.4 is 4.74 Å². The van der Waals surface area contributed by atoms with Crippen LogP contribution in [0.4, 0.5) is 0 Å². The van der Waals surface area contributed by atoms with E-state index in [4.69, 9.17) is 14.3 Å². The molecule has 2 unspecified atom stereocenters. The molecule has 0 heterocycles. The summed E-state index contributed by atoms with van der Waals surface area (Å²) in [6, 6.07) is 9.87. The van der Waals surface area contributed by atoms with E-state index < -0.39 is 14.3 Å². The van der Waals surface area contributed by atoms with E-state index in [2.05, 4.69) is 46.0 Å². The summed E-state index contributed by atoms with van der Waals surface area (Å²) in [6.07, 6.45) is 10.8. The minimum Gasteiger partial charge on any atom is -0.491 e. The van der Waals surface area contributed by atoms with Crippen molar-refractivity contribution in [3.63, 3.8) is 0 Å². The third kappa shape index (κ3) is 9.39. The van der Waals surface area contributed by atoms with Gasteiger partial charge in [-0.1, -0.05) is 62.8 Å². The van der Waals surface area contributed by atoms with E-state index in [1.807, 2.05) is 36.4 Å². The molecule has 6 heteroatoms. The van der Waals surface area contributed by atoms with Crippen molar-refractivity contribution >= 4 is 14.3 Å². The molecule has 2 rings (SSSR count). The molecule has 0 amide bonds. The van der Waals surface area contributed by atoms with Crippen LogP contribution in [0.15, 0.2) is 54.1 Å². The quantitative estimate of drug-likeness (QED) is 0.172. The van der Waals surface area contributed by atoms with Gasteiger partial charge in [-0.15, -0.1) is 0 Å². The summed E-state index contributed by atoms with van der Waals surface area (Å²) < 4.78 is 12.8. The molecule has 0 aromatic heterocycles. The predicted molar refractivity (Wildman–Crippen MR) is 141 cm³/mol. The number of hydrogen-bond donors (Lipinski definition) is 2. The van der Waals surface area contributed by atoms with Crippen LogP contribution in [0.3, 0.4) is 0 Å². The average molecular weight is 489 g/mol. The largest absolute Gasteiger partial charge is 0.491 e. The lowest BCUT2D eigenvalue weighted by atomic mass is 9.91. The molecule has 0 radical (unpaired) electrons. The number of hydrogen-bond acceptors (Lipinski definition) is 4. The summed E-state index contributed by atoms with van der Waals surface area (Å²) in [5.41, 5.74) is 1.30. The van der Waals surface area contributed by atoms with Crippen LogP contribution >= 0.6 is 0 Å². The zero-order valence-corrected chi connectivity index (χ0v) is 22.6. The Morgan fingerprint density at radius 1 is 1.21 bits per heavy atom. The number of aliphatic carboxylic acids is 1. The Kier molecular flexibility index (Phi) is 11.1. The second kappa shape index (κ2) is 13.3. The van der Waals surface area contributed by atoms with Crippen molar-refractivity contribution in [1.82, 2.24) is 0 Å². The van der Waals surface area contributed by atoms with E-state index in [0.29, 0.717) is 19.4 Å². The third-order valence-corrected chi connectivity index (χ3v) is 11.6. The molecule has 0 saturated heterocycles. The molecule has 2 N–H and O–H groups in total. The number of aliphatic hydroxyl groups excluding tert-OH is 1. The summed E-state index contributed by atoms with van der Waals surface area (Å²) in [5.74, 6) is 0.225. The molecule has 0 spiro atoms. The minimum atomic E-state index is -1.96. The van der Waals surface area contributed by atoms with Crippen LogP contribution in [0.5, 0.6) is 5.75 Å². The standard InChI is InChI=1S/C28H44O5Si/c1-28(2,3)34(4,5)33-24(21-32-23-13-9-8-10-14-23)19-17-22-18-20-26(29)25(22)15-11-6-7-12-16-27(30)31/h6,8-11,13-14,18,24-26,29H,7,12,15-17,19-21H2,1-5H3,(H,30,31)/b11-6-/t24?,25-,26?/m1/s1. The van der Waals surface area contributed by atoms with E-state index in [9.17, 15) is 9.90 Å². The second-order valence-corrected chi connectivity index (χ2v) is 15.6. The first kappa shape index (κ1) is 28.3. The van der Waals surface area contributed by atoms with Gasteiger partial charge < -0.3 is 19.4 Å². The van der Waals surface area contributed by atoms with Gasteiger partial charge in [-0.05, 0) is 68.8 Å². The fourth-order valence-corrected chi connectivity index (χ4v) is 5.34. The van der Waals surface area contributed by atoms with Crippen molar-refractivity contribution in [2.75, 3.05) is 6.61 Å². The van der Waals surface area contributed by atoms with Gasteiger partial charge in [0.05, 0.1) is 12.2 Å². The molecule has 0 fully saturated rings. The number of para-hydroxylation sites is 1. The van der Waals surface area contributed by atoms with Crippen molar-refractivity contribution in [3.05, 3.63) is 54.1 Å². The van der Waals surface area contributed by atoms with Crippen LogP contribution in [-0.2, 0) is 9.22 Å². The summed E-state index contributed by atoms with van der Waals surface area (Å²) >= 11 is 0. The minimum absolute atomic E-state index is 0.00745. The number of rotatable bonds is 14. The molecule has 1 aromatic rings. The first-order valence-electron chi connectivity index (χ1n) is 12.6. The molecule has 1 aliphatic rings. The summed E-state index contributed by atoms with van der Waals surface area (Å²) in [6.45, 7) is 11.8. The Morgan fingerprint density at radius 3 is 2.56 bits per heavy atom. The fraction of sp³-hybridized carbons (Fsp3) is 0.607. The Morgan fingerprint density at radius 2 is 1.91 bits per heavy atom. The van der Waals surface area contributed by atoms with Gasteiger partial charge in [0.15, 0.2) is 8.32 Å². The van der Waals surface area contributed by atoms with Crippen LogP contribution in [0, 0.1) is 5.92 Å². The highest BCUT2D eigenvalue weighted by atomic mass is 28.4. The van der Waals surface area contributed by atoms with Crippen molar-refractivity contribution in [3.8, 4) is 5.75 Å². The van der Waals surface area contributed by atoms with Crippen LogP contribution in [0.25, 0.3) is 0 Å². The summed E-state index contributed by atoms with van der Waals surface area (Å²) in [7, 11) is -1.96. The zero-order chi connectivity index (χ0) is 25.2. The smallest absolute Gasteiger partial charge is 0.303 e. The molecule has 0 bridgehead atoms. The molecular formula is C28H44O5Si. The lowest BCUT2D eigenvalue weighted by molar-refractivity contribution is -0.137. The van der Waals surface area contributed by atoms with Gasteiger partial charge in [0.2, 0.25) is 0 Å². The van der Waals surface area contributed by atoms with Crippen LogP contribution in [0.1, 0.15) is 65.7 Å². The molecular weight excluding hydrogens is 444 g/mol. The number of carboxylic acid groups (broad SMARTS) is 1. The van der Waals surface area contributed by atoms with Gasteiger partial charge in [0.25, 0.3) is 0 Å². The van der Waals surface area contributed by atoms with E-state index in [1.165, 1.54) is 5.57 Å². The number of aliphatic hydroxyl groups is 1. The highest BCUT2D eigenvalue weighted by Gasteiger charge is 2.39. The molecule has 5 nitrogen and oxygen atoms in total. The topological polar surface area (TPSA) is 76.0 Å². The maximum absolute atomic E-state index is 10.6. The second-order valence-electron chi connectivity index (χ2n) is 10.8. The zero-order valence-electron chi connectivity index (χ0n) is 21.6.